The average Bonchev–Trinajstić information content (AvgIpc) is 2.89. The van der Waals surface area contributed by atoms with Gasteiger partial charge >= 0.3 is 0 Å². The van der Waals surface area contributed by atoms with Crippen LogP contribution in [-0.4, -0.2) is 13.1 Å². The van der Waals surface area contributed by atoms with E-state index in [4.69, 9.17) is 0 Å². The fourth-order valence-corrected chi connectivity index (χ4v) is 2.82. The van der Waals surface area contributed by atoms with Crippen molar-refractivity contribution in [3.8, 4) is 0 Å². The third kappa shape index (κ3) is 2.56. The van der Waals surface area contributed by atoms with E-state index in [-0.39, 0.29) is 0 Å². The van der Waals surface area contributed by atoms with Gasteiger partial charge in [0.15, 0.2) is 0 Å². The lowest BCUT2D eigenvalue weighted by atomic mass is 9.99. The number of para-hydroxylation sites is 1. The summed E-state index contributed by atoms with van der Waals surface area (Å²) in [5.74, 6) is 0.799. The molecule has 1 unspecified atom stereocenters. The zero-order chi connectivity index (χ0) is 12.2. The summed E-state index contributed by atoms with van der Waals surface area (Å²) in [6.45, 7) is 2.39. The Morgan fingerprint density at radius 3 is 2.28 bits per heavy atom. The molecule has 1 fully saturated rings. The summed E-state index contributed by atoms with van der Waals surface area (Å²) in [6.07, 6.45) is 2.52. The fraction of sp³-hybridized carbons (Fsp3) is 0.294. The summed E-state index contributed by atoms with van der Waals surface area (Å²) < 4.78 is 0. The first kappa shape index (κ1) is 11.3. The summed E-state index contributed by atoms with van der Waals surface area (Å²) in [5.41, 5.74) is 2.84. The summed E-state index contributed by atoms with van der Waals surface area (Å²) in [7, 11) is 0. The maximum atomic E-state index is 2.51. The maximum Gasteiger partial charge on any atom is 0.0366 e. The van der Waals surface area contributed by atoms with Crippen molar-refractivity contribution in [1.29, 1.82) is 0 Å². The van der Waals surface area contributed by atoms with Crippen LogP contribution < -0.4 is 4.90 Å². The van der Waals surface area contributed by atoms with Crippen molar-refractivity contribution in [2.24, 2.45) is 5.92 Å². The third-order valence-corrected chi connectivity index (χ3v) is 3.77. The molecule has 0 radical (unpaired) electrons. The molecular weight excluding hydrogens is 218 g/mol. The Balaban J connectivity index is 1.62. The second-order valence-corrected chi connectivity index (χ2v) is 5.13. The van der Waals surface area contributed by atoms with Gasteiger partial charge in [-0.15, -0.1) is 0 Å². The molecule has 0 amide bonds. The Hall–Kier alpha value is -1.76. The number of anilines is 1. The Kier molecular flexibility index (Phi) is 3.31. The minimum absolute atomic E-state index is 0.799. The minimum atomic E-state index is 0.799. The molecule has 18 heavy (non-hydrogen) atoms. The molecule has 1 aliphatic rings. The van der Waals surface area contributed by atoms with Gasteiger partial charge in [-0.1, -0.05) is 48.5 Å². The molecule has 1 heteroatoms. The molecule has 2 aromatic carbocycles. The largest absolute Gasteiger partial charge is 0.371 e. The number of benzene rings is 2. The van der Waals surface area contributed by atoms with Gasteiger partial charge in [-0.3, -0.25) is 0 Å². The first-order valence-corrected chi connectivity index (χ1v) is 6.76. The van der Waals surface area contributed by atoms with E-state index in [9.17, 15) is 0 Å². The van der Waals surface area contributed by atoms with Crippen LogP contribution >= 0.6 is 0 Å². The van der Waals surface area contributed by atoms with Gasteiger partial charge in [0.25, 0.3) is 0 Å². The van der Waals surface area contributed by atoms with Crippen LogP contribution in [0.2, 0.25) is 0 Å². The van der Waals surface area contributed by atoms with Gasteiger partial charge in [0.2, 0.25) is 0 Å². The van der Waals surface area contributed by atoms with Gasteiger partial charge < -0.3 is 4.90 Å². The van der Waals surface area contributed by atoms with Crippen molar-refractivity contribution in [3.05, 3.63) is 66.2 Å². The van der Waals surface area contributed by atoms with Crippen molar-refractivity contribution in [2.75, 3.05) is 18.0 Å². The van der Waals surface area contributed by atoms with Crippen LogP contribution in [0.3, 0.4) is 0 Å². The average molecular weight is 237 g/mol. The van der Waals surface area contributed by atoms with E-state index in [1.54, 1.807) is 0 Å². The molecule has 2 aromatic rings. The summed E-state index contributed by atoms with van der Waals surface area (Å²) in [6, 6.07) is 21.6. The quantitative estimate of drug-likeness (QED) is 0.785. The molecule has 0 bridgehead atoms. The number of hydrogen-bond acceptors (Lipinski definition) is 1. The van der Waals surface area contributed by atoms with E-state index < -0.39 is 0 Å². The van der Waals surface area contributed by atoms with E-state index in [0.717, 1.165) is 5.92 Å². The van der Waals surface area contributed by atoms with Gasteiger partial charge in [0, 0.05) is 18.8 Å². The normalized spacial score (nSPS) is 19.1. The zero-order valence-corrected chi connectivity index (χ0v) is 10.6. The standard InChI is InChI=1S/C17H19N/c1-3-7-15(8-4-1)13-16-11-12-18(14-16)17-9-5-2-6-10-17/h1-10,16H,11-14H2. The van der Waals surface area contributed by atoms with Crippen LogP contribution in [-0.2, 0) is 6.42 Å². The number of rotatable bonds is 3. The molecule has 92 valence electrons. The molecule has 0 N–H and O–H groups in total. The van der Waals surface area contributed by atoms with E-state index >= 15 is 0 Å². The minimum Gasteiger partial charge on any atom is -0.371 e. The van der Waals surface area contributed by atoms with Gasteiger partial charge in [-0.2, -0.15) is 0 Å². The van der Waals surface area contributed by atoms with Crippen molar-refractivity contribution in [1.82, 2.24) is 0 Å². The van der Waals surface area contributed by atoms with Crippen molar-refractivity contribution >= 4 is 5.69 Å². The molecule has 1 atom stereocenters. The smallest absolute Gasteiger partial charge is 0.0366 e. The van der Waals surface area contributed by atoms with Gasteiger partial charge in [0.05, 0.1) is 0 Å². The number of nitrogens with zero attached hydrogens (tertiary/aromatic N) is 1. The summed E-state index contributed by atoms with van der Waals surface area (Å²) >= 11 is 0. The van der Waals surface area contributed by atoms with E-state index in [0.29, 0.717) is 0 Å². The Morgan fingerprint density at radius 1 is 0.889 bits per heavy atom. The highest BCUT2D eigenvalue weighted by atomic mass is 15.1. The van der Waals surface area contributed by atoms with Gasteiger partial charge in [-0.25, -0.2) is 0 Å². The second kappa shape index (κ2) is 5.26. The molecule has 3 rings (SSSR count). The third-order valence-electron chi connectivity index (χ3n) is 3.77. The first-order valence-electron chi connectivity index (χ1n) is 6.76. The van der Waals surface area contributed by atoms with E-state index in [2.05, 4.69) is 65.6 Å². The first-order chi connectivity index (χ1) is 8.92. The molecule has 1 aliphatic heterocycles. The van der Waals surface area contributed by atoms with Crippen molar-refractivity contribution < 1.29 is 0 Å². The van der Waals surface area contributed by atoms with Gasteiger partial charge in [-0.05, 0) is 36.5 Å². The topological polar surface area (TPSA) is 3.24 Å². The fourth-order valence-electron chi connectivity index (χ4n) is 2.82. The molecule has 1 saturated heterocycles. The Labute approximate surface area is 109 Å². The van der Waals surface area contributed by atoms with Crippen LogP contribution in [0.5, 0.6) is 0 Å². The van der Waals surface area contributed by atoms with Gasteiger partial charge in [0.1, 0.15) is 0 Å². The van der Waals surface area contributed by atoms with Crippen LogP contribution in [0.4, 0.5) is 5.69 Å². The summed E-state index contributed by atoms with van der Waals surface area (Å²) in [5, 5.41) is 0. The monoisotopic (exact) mass is 237 g/mol. The van der Waals surface area contributed by atoms with E-state index in [1.807, 2.05) is 0 Å². The van der Waals surface area contributed by atoms with Crippen LogP contribution in [0.1, 0.15) is 12.0 Å². The van der Waals surface area contributed by atoms with E-state index in [1.165, 1.54) is 37.2 Å². The Bertz CT molecular complexity index is 477. The SMILES string of the molecule is c1ccc(CC2CCN(c3ccccc3)C2)cc1. The lowest BCUT2D eigenvalue weighted by Gasteiger charge is -2.18. The maximum absolute atomic E-state index is 2.51. The molecule has 0 aliphatic carbocycles. The molecule has 0 aromatic heterocycles. The number of hydrogen-bond donors (Lipinski definition) is 0. The Morgan fingerprint density at radius 2 is 1.56 bits per heavy atom. The predicted octanol–water partition coefficient (Wildman–Crippen LogP) is 3.76. The highest BCUT2D eigenvalue weighted by molar-refractivity contribution is 5.46. The molecule has 0 spiro atoms. The predicted molar refractivity (Wildman–Crippen MR) is 76.9 cm³/mol. The molecule has 1 heterocycles. The zero-order valence-electron chi connectivity index (χ0n) is 10.6. The summed E-state index contributed by atoms with van der Waals surface area (Å²) in [4.78, 5) is 2.51. The molecule has 1 nitrogen and oxygen atoms in total. The highest BCUT2D eigenvalue weighted by Gasteiger charge is 2.22. The van der Waals surface area contributed by atoms with Crippen molar-refractivity contribution in [3.63, 3.8) is 0 Å². The van der Waals surface area contributed by atoms with Crippen molar-refractivity contribution in [2.45, 2.75) is 12.8 Å². The van der Waals surface area contributed by atoms with Crippen LogP contribution in [0.25, 0.3) is 0 Å². The second-order valence-electron chi connectivity index (χ2n) is 5.13. The molecule has 0 saturated carbocycles. The van der Waals surface area contributed by atoms with Crippen LogP contribution in [0.15, 0.2) is 60.7 Å². The molecular formula is C17H19N. The lowest BCUT2D eigenvalue weighted by molar-refractivity contribution is 0.586. The van der Waals surface area contributed by atoms with Crippen LogP contribution in [0, 0.1) is 5.92 Å². The highest BCUT2D eigenvalue weighted by Crippen LogP contribution is 2.25. The lowest BCUT2D eigenvalue weighted by Crippen LogP contribution is -2.19.